The summed E-state index contributed by atoms with van der Waals surface area (Å²) >= 11 is 1.81. The summed E-state index contributed by atoms with van der Waals surface area (Å²) in [6.07, 6.45) is 3.50. The van der Waals surface area contributed by atoms with Crippen molar-refractivity contribution in [1.82, 2.24) is 15.0 Å². The largest absolute Gasteiger partial charge is 0.396 e. The van der Waals surface area contributed by atoms with Crippen molar-refractivity contribution in [2.75, 3.05) is 12.4 Å². The molecular weight excluding hydrogens is 246 g/mol. The van der Waals surface area contributed by atoms with Gasteiger partial charge in [-0.15, -0.1) is 16.9 Å². The van der Waals surface area contributed by atoms with Gasteiger partial charge in [0.05, 0.1) is 12.2 Å². The molecular formula is C13H17N3OS. The normalized spacial score (nSPS) is 10.7. The third kappa shape index (κ3) is 4.16. The Balaban J connectivity index is 1.75. The van der Waals surface area contributed by atoms with Gasteiger partial charge in [-0.3, -0.25) is 4.68 Å². The number of nitrogens with zero attached hydrogens (tertiary/aromatic N) is 3. The van der Waals surface area contributed by atoms with E-state index < -0.39 is 0 Å². The molecule has 0 aliphatic heterocycles. The summed E-state index contributed by atoms with van der Waals surface area (Å²) in [5.41, 5.74) is 0.953. The molecule has 0 radical (unpaired) electrons. The van der Waals surface area contributed by atoms with Crippen LogP contribution in [0.3, 0.4) is 0 Å². The Morgan fingerprint density at radius 3 is 2.83 bits per heavy atom. The third-order valence-electron chi connectivity index (χ3n) is 2.51. The second kappa shape index (κ2) is 7.18. The molecule has 0 aliphatic carbocycles. The summed E-state index contributed by atoms with van der Waals surface area (Å²) in [6, 6.07) is 10.3. The zero-order chi connectivity index (χ0) is 12.6. The van der Waals surface area contributed by atoms with Crippen LogP contribution in [0.1, 0.15) is 12.1 Å². The second-order valence-corrected chi connectivity index (χ2v) is 5.13. The highest BCUT2D eigenvalue weighted by Crippen LogP contribution is 2.16. The molecule has 1 aromatic heterocycles. The predicted molar refractivity (Wildman–Crippen MR) is 72.6 cm³/mol. The Kier molecular flexibility index (Phi) is 5.23. The highest BCUT2D eigenvalue weighted by atomic mass is 32.2. The van der Waals surface area contributed by atoms with Crippen molar-refractivity contribution >= 4 is 11.8 Å². The highest BCUT2D eigenvalue weighted by Gasteiger charge is 2.00. The molecule has 2 aromatic rings. The van der Waals surface area contributed by atoms with Gasteiger partial charge in [-0.1, -0.05) is 23.4 Å². The van der Waals surface area contributed by atoms with E-state index >= 15 is 0 Å². The van der Waals surface area contributed by atoms with Crippen LogP contribution in [0.4, 0.5) is 0 Å². The molecule has 0 saturated heterocycles. The van der Waals surface area contributed by atoms with Crippen LogP contribution >= 0.6 is 11.8 Å². The maximum atomic E-state index is 8.74. The minimum Gasteiger partial charge on any atom is -0.396 e. The van der Waals surface area contributed by atoms with Crippen molar-refractivity contribution in [3.05, 3.63) is 42.2 Å². The van der Waals surface area contributed by atoms with Gasteiger partial charge in [0.1, 0.15) is 0 Å². The van der Waals surface area contributed by atoms with E-state index in [1.54, 1.807) is 0 Å². The number of aromatic nitrogens is 3. The monoisotopic (exact) mass is 263 g/mol. The molecule has 1 aromatic carbocycles. The Morgan fingerprint density at radius 1 is 1.22 bits per heavy atom. The second-order valence-electron chi connectivity index (χ2n) is 3.96. The van der Waals surface area contributed by atoms with E-state index in [9.17, 15) is 0 Å². The van der Waals surface area contributed by atoms with Crippen molar-refractivity contribution in [3.63, 3.8) is 0 Å². The van der Waals surface area contributed by atoms with Crippen molar-refractivity contribution in [2.24, 2.45) is 0 Å². The van der Waals surface area contributed by atoms with Gasteiger partial charge in [-0.25, -0.2) is 0 Å². The molecule has 0 atom stereocenters. The molecule has 0 amide bonds. The van der Waals surface area contributed by atoms with Gasteiger partial charge in [0, 0.05) is 23.5 Å². The molecule has 1 N–H and O–H groups in total. The molecule has 4 nitrogen and oxygen atoms in total. The number of aliphatic hydroxyl groups is 1. The molecule has 0 saturated carbocycles. The van der Waals surface area contributed by atoms with Gasteiger partial charge < -0.3 is 5.11 Å². The van der Waals surface area contributed by atoms with Crippen LogP contribution in [0.5, 0.6) is 0 Å². The van der Waals surface area contributed by atoms with Crippen LogP contribution in [-0.2, 0) is 13.0 Å². The van der Waals surface area contributed by atoms with E-state index in [2.05, 4.69) is 22.4 Å². The van der Waals surface area contributed by atoms with Crippen LogP contribution in [0, 0.1) is 0 Å². The molecule has 96 valence electrons. The molecule has 5 heteroatoms. The topological polar surface area (TPSA) is 50.9 Å². The lowest BCUT2D eigenvalue weighted by Crippen LogP contribution is -2.00. The van der Waals surface area contributed by atoms with Crippen LogP contribution in [0.15, 0.2) is 41.4 Å². The Bertz CT molecular complexity index is 458. The molecule has 0 unspecified atom stereocenters. The van der Waals surface area contributed by atoms with E-state index in [0.29, 0.717) is 0 Å². The van der Waals surface area contributed by atoms with E-state index in [1.165, 1.54) is 4.90 Å². The number of hydrogen-bond donors (Lipinski definition) is 1. The predicted octanol–water partition coefficient (Wildman–Crippen LogP) is 2.00. The summed E-state index contributed by atoms with van der Waals surface area (Å²) in [4.78, 5) is 1.28. The van der Waals surface area contributed by atoms with Crippen molar-refractivity contribution in [2.45, 2.75) is 24.3 Å². The Hall–Kier alpha value is -1.33. The Labute approximate surface area is 111 Å². The first-order valence-electron chi connectivity index (χ1n) is 6.06. The first-order chi connectivity index (χ1) is 8.88. The fraction of sp³-hybridized carbons (Fsp3) is 0.385. The lowest BCUT2D eigenvalue weighted by atomic mass is 10.3. The molecule has 0 aliphatic rings. The van der Waals surface area contributed by atoms with Gasteiger partial charge in [0.25, 0.3) is 0 Å². The average molecular weight is 263 g/mol. The van der Waals surface area contributed by atoms with Crippen LogP contribution in [-0.4, -0.2) is 32.5 Å². The number of aryl methyl sites for hydroxylation is 2. The standard InChI is InChI=1S/C13H17N3OS/c17-9-4-5-12-11-16(15-14-12)8-10-18-13-6-2-1-3-7-13/h1-3,6-7,11,17H,4-5,8-10H2. The van der Waals surface area contributed by atoms with Gasteiger partial charge in [0.2, 0.25) is 0 Å². The van der Waals surface area contributed by atoms with Gasteiger partial charge in [-0.2, -0.15) is 0 Å². The average Bonchev–Trinajstić information content (AvgIpc) is 2.85. The first-order valence-corrected chi connectivity index (χ1v) is 7.05. The number of hydrogen-bond acceptors (Lipinski definition) is 4. The molecule has 18 heavy (non-hydrogen) atoms. The molecule has 0 fully saturated rings. The van der Waals surface area contributed by atoms with Crippen LogP contribution in [0.25, 0.3) is 0 Å². The van der Waals surface area contributed by atoms with Gasteiger partial charge >= 0.3 is 0 Å². The number of aliphatic hydroxyl groups excluding tert-OH is 1. The molecule has 0 bridgehead atoms. The van der Waals surface area contributed by atoms with Gasteiger partial charge in [0.15, 0.2) is 0 Å². The van der Waals surface area contributed by atoms with Crippen molar-refractivity contribution < 1.29 is 5.11 Å². The first kappa shape index (κ1) is 13.1. The van der Waals surface area contributed by atoms with E-state index in [1.807, 2.05) is 40.8 Å². The van der Waals surface area contributed by atoms with E-state index in [4.69, 9.17) is 5.11 Å². The maximum Gasteiger partial charge on any atom is 0.0828 e. The molecule has 1 heterocycles. The summed E-state index contributed by atoms with van der Waals surface area (Å²) in [6.45, 7) is 1.06. The zero-order valence-corrected chi connectivity index (χ0v) is 11.0. The third-order valence-corrected chi connectivity index (χ3v) is 3.50. The maximum absolute atomic E-state index is 8.74. The molecule has 0 spiro atoms. The number of thioether (sulfide) groups is 1. The van der Waals surface area contributed by atoms with Crippen molar-refractivity contribution in [3.8, 4) is 0 Å². The smallest absolute Gasteiger partial charge is 0.0828 e. The number of benzene rings is 1. The lowest BCUT2D eigenvalue weighted by molar-refractivity contribution is 0.288. The minimum absolute atomic E-state index is 0.205. The fourth-order valence-corrected chi connectivity index (χ4v) is 2.46. The van der Waals surface area contributed by atoms with Crippen LogP contribution in [0.2, 0.25) is 0 Å². The highest BCUT2D eigenvalue weighted by molar-refractivity contribution is 7.99. The number of rotatable bonds is 7. The summed E-state index contributed by atoms with van der Waals surface area (Å²) in [5, 5.41) is 16.9. The summed E-state index contributed by atoms with van der Waals surface area (Å²) in [7, 11) is 0. The van der Waals surface area contributed by atoms with Gasteiger partial charge in [-0.05, 0) is 25.0 Å². The zero-order valence-electron chi connectivity index (χ0n) is 10.2. The molecule has 2 rings (SSSR count). The van der Waals surface area contributed by atoms with Crippen molar-refractivity contribution in [1.29, 1.82) is 0 Å². The SMILES string of the molecule is OCCCc1cn(CCSc2ccccc2)nn1. The summed E-state index contributed by atoms with van der Waals surface area (Å²) < 4.78 is 1.86. The van der Waals surface area contributed by atoms with E-state index in [0.717, 1.165) is 30.8 Å². The van der Waals surface area contributed by atoms with E-state index in [-0.39, 0.29) is 6.61 Å². The van der Waals surface area contributed by atoms with Crippen LogP contribution < -0.4 is 0 Å². The fourth-order valence-electron chi connectivity index (χ4n) is 1.60. The Morgan fingerprint density at radius 2 is 2.06 bits per heavy atom. The summed E-state index contributed by atoms with van der Waals surface area (Å²) in [5.74, 6) is 0.979. The quantitative estimate of drug-likeness (QED) is 0.776. The minimum atomic E-state index is 0.205. The lowest BCUT2D eigenvalue weighted by Gasteiger charge is -2.00.